The van der Waals surface area contributed by atoms with Crippen molar-refractivity contribution >= 4 is 11.9 Å². The van der Waals surface area contributed by atoms with Gasteiger partial charge in [-0.2, -0.15) is 0 Å². The lowest BCUT2D eigenvalue weighted by atomic mass is 10.1. The summed E-state index contributed by atoms with van der Waals surface area (Å²) < 4.78 is 15.8. The monoisotopic (exact) mass is 309 g/mol. The van der Waals surface area contributed by atoms with E-state index in [0.717, 1.165) is 0 Å². The van der Waals surface area contributed by atoms with Gasteiger partial charge >= 0.3 is 5.97 Å². The largest absolute Gasteiger partial charge is 0.497 e. The maximum absolute atomic E-state index is 12.3. The van der Waals surface area contributed by atoms with Crippen LogP contribution in [0.2, 0.25) is 0 Å². The van der Waals surface area contributed by atoms with Gasteiger partial charge in [0.1, 0.15) is 11.9 Å². The first-order valence-electron chi connectivity index (χ1n) is 6.97. The van der Waals surface area contributed by atoms with E-state index in [4.69, 9.17) is 19.3 Å². The number of hydrogen-bond acceptors (Lipinski definition) is 5. The molecule has 0 bridgehead atoms. The first kappa shape index (κ1) is 16.3. The molecule has 7 nitrogen and oxygen atoms in total. The van der Waals surface area contributed by atoms with E-state index in [1.54, 1.807) is 0 Å². The van der Waals surface area contributed by atoms with E-state index in [0.29, 0.717) is 25.6 Å². The lowest BCUT2D eigenvalue weighted by Crippen LogP contribution is -2.43. The molecule has 0 saturated carbocycles. The number of rotatable bonds is 6. The van der Waals surface area contributed by atoms with Crippen LogP contribution in [0, 0.1) is 0 Å². The Morgan fingerprint density at radius 1 is 1.32 bits per heavy atom. The second-order valence-corrected chi connectivity index (χ2v) is 4.87. The van der Waals surface area contributed by atoms with Crippen LogP contribution in [-0.2, 0) is 9.47 Å². The van der Waals surface area contributed by atoms with Crippen LogP contribution >= 0.6 is 0 Å². The van der Waals surface area contributed by atoms with Crippen LogP contribution in [0.5, 0.6) is 5.75 Å². The second kappa shape index (κ2) is 7.24. The molecule has 1 aliphatic rings. The predicted octanol–water partition coefficient (Wildman–Crippen LogP) is 0.927. The zero-order chi connectivity index (χ0) is 16.1. The lowest BCUT2D eigenvalue weighted by Gasteiger charge is -2.19. The molecule has 0 aromatic heterocycles. The van der Waals surface area contributed by atoms with Gasteiger partial charge in [-0.1, -0.05) is 0 Å². The van der Waals surface area contributed by atoms with Crippen LogP contribution in [0.4, 0.5) is 0 Å². The smallest absolute Gasteiger partial charge is 0.335 e. The number of benzene rings is 1. The summed E-state index contributed by atoms with van der Waals surface area (Å²) >= 11 is 0. The van der Waals surface area contributed by atoms with Crippen molar-refractivity contribution in [2.24, 2.45) is 0 Å². The van der Waals surface area contributed by atoms with E-state index >= 15 is 0 Å². The molecule has 22 heavy (non-hydrogen) atoms. The maximum Gasteiger partial charge on any atom is 0.335 e. The van der Waals surface area contributed by atoms with E-state index in [9.17, 15) is 9.59 Å². The first-order chi connectivity index (χ1) is 10.5. The van der Waals surface area contributed by atoms with Gasteiger partial charge in [0.15, 0.2) is 0 Å². The third-order valence-corrected chi connectivity index (χ3v) is 3.38. The average molecular weight is 309 g/mol. The van der Waals surface area contributed by atoms with Crippen molar-refractivity contribution in [3.05, 3.63) is 29.3 Å². The average Bonchev–Trinajstić information content (AvgIpc) is 2.94. The number of aromatic carboxylic acids is 1. The molecule has 120 valence electrons. The molecule has 2 atom stereocenters. The summed E-state index contributed by atoms with van der Waals surface area (Å²) in [5.74, 6) is -1.19. The highest BCUT2D eigenvalue weighted by Crippen LogP contribution is 2.18. The summed E-state index contributed by atoms with van der Waals surface area (Å²) in [6, 6.07) is 3.91. The van der Waals surface area contributed by atoms with E-state index in [1.807, 2.05) is 6.92 Å². The summed E-state index contributed by atoms with van der Waals surface area (Å²) in [7, 11) is 1.42. The number of carbonyl (C=O) groups is 2. The molecule has 0 radical (unpaired) electrons. The Bertz CT molecular complexity index is 559. The molecular formula is C15H19NO6. The van der Waals surface area contributed by atoms with Crippen molar-refractivity contribution in [1.82, 2.24) is 5.32 Å². The zero-order valence-corrected chi connectivity index (χ0v) is 12.5. The summed E-state index contributed by atoms with van der Waals surface area (Å²) in [5.41, 5.74) is 0.215. The molecule has 1 amide bonds. The molecule has 2 rings (SSSR count). The van der Waals surface area contributed by atoms with Crippen LogP contribution in [-0.4, -0.2) is 56.1 Å². The van der Waals surface area contributed by atoms with Gasteiger partial charge in [0.05, 0.1) is 31.9 Å². The number of carboxylic acid groups (broad SMARTS) is 1. The molecule has 0 unspecified atom stereocenters. The molecule has 1 heterocycles. The minimum absolute atomic E-state index is 0.00599. The van der Waals surface area contributed by atoms with Crippen LogP contribution in [0.25, 0.3) is 0 Å². The number of nitrogens with one attached hydrogen (secondary N) is 1. The molecule has 0 aliphatic carbocycles. The molecule has 7 heteroatoms. The Hall–Kier alpha value is -2.12. The Balaban J connectivity index is 2.15. The van der Waals surface area contributed by atoms with Gasteiger partial charge in [-0.25, -0.2) is 4.79 Å². The van der Waals surface area contributed by atoms with Crippen molar-refractivity contribution in [3.63, 3.8) is 0 Å². The van der Waals surface area contributed by atoms with Gasteiger partial charge in [-0.3, -0.25) is 4.79 Å². The SMILES string of the molecule is CCO[C@H]1COC[C@@H]1NC(=O)c1cc(OC)cc(C(=O)O)c1. The Labute approximate surface area is 128 Å². The minimum atomic E-state index is -1.12. The molecule has 2 N–H and O–H groups in total. The van der Waals surface area contributed by atoms with Gasteiger partial charge < -0.3 is 24.6 Å². The topological polar surface area (TPSA) is 94.1 Å². The van der Waals surface area contributed by atoms with Gasteiger partial charge in [0.2, 0.25) is 0 Å². The number of carbonyl (C=O) groups excluding carboxylic acids is 1. The number of hydrogen-bond donors (Lipinski definition) is 2. The number of amides is 1. The van der Waals surface area contributed by atoms with Crippen LogP contribution in [0.15, 0.2) is 18.2 Å². The fraction of sp³-hybridized carbons (Fsp3) is 0.467. The highest BCUT2D eigenvalue weighted by molar-refractivity contribution is 5.98. The van der Waals surface area contributed by atoms with Gasteiger partial charge in [-0.05, 0) is 25.1 Å². The molecule has 1 aromatic carbocycles. The van der Waals surface area contributed by atoms with E-state index in [-0.39, 0.29) is 29.2 Å². The fourth-order valence-electron chi connectivity index (χ4n) is 2.27. The first-order valence-corrected chi connectivity index (χ1v) is 6.97. The van der Waals surface area contributed by atoms with Gasteiger partial charge in [-0.15, -0.1) is 0 Å². The highest BCUT2D eigenvalue weighted by atomic mass is 16.5. The van der Waals surface area contributed by atoms with Gasteiger partial charge in [0.25, 0.3) is 5.91 Å². The third kappa shape index (κ3) is 3.75. The van der Waals surface area contributed by atoms with Crippen molar-refractivity contribution in [1.29, 1.82) is 0 Å². The molecular weight excluding hydrogens is 290 g/mol. The van der Waals surface area contributed by atoms with Crippen molar-refractivity contribution < 1.29 is 28.9 Å². The Kier molecular flexibility index (Phi) is 5.35. The van der Waals surface area contributed by atoms with Crippen LogP contribution in [0.1, 0.15) is 27.6 Å². The molecule has 0 spiro atoms. The van der Waals surface area contributed by atoms with Crippen LogP contribution in [0.3, 0.4) is 0 Å². The molecule has 1 saturated heterocycles. The molecule has 1 aliphatic heterocycles. The summed E-state index contributed by atoms with van der Waals surface area (Å²) in [6.07, 6.45) is -0.196. The van der Waals surface area contributed by atoms with Crippen molar-refractivity contribution in [3.8, 4) is 5.75 Å². The maximum atomic E-state index is 12.3. The standard InChI is InChI=1S/C15H19NO6/c1-3-22-13-8-21-7-12(13)16-14(17)9-4-10(15(18)19)6-11(5-9)20-2/h4-6,12-13H,3,7-8H2,1-2H3,(H,16,17)(H,18,19)/t12-,13-/m0/s1. The predicted molar refractivity (Wildman–Crippen MR) is 77.4 cm³/mol. The normalized spacial score (nSPS) is 20.6. The second-order valence-electron chi connectivity index (χ2n) is 4.87. The minimum Gasteiger partial charge on any atom is -0.497 e. The summed E-state index contributed by atoms with van der Waals surface area (Å²) in [5, 5.41) is 11.9. The molecule has 1 fully saturated rings. The van der Waals surface area contributed by atoms with Crippen molar-refractivity contribution in [2.75, 3.05) is 26.9 Å². The van der Waals surface area contributed by atoms with Gasteiger partial charge in [0, 0.05) is 12.2 Å². The van der Waals surface area contributed by atoms with Crippen molar-refractivity contribution in [2.45, 2.75) is 19.1 Å². The summed E-state index contributed by atoms with van der Waals surface area (Å²) in [6.45, 7) is 3.20. The quantitative estimate of drug-likeness (QED) is 0.812. The number of ether oxygens (including phenoxy) is 3. The van der Waals surface area contributed by atoms with E-state index < -0.39 is 5.97 Å². The Morgan fingerprint density at radius 2 is 2.05 bits per heavy atom. The molecule has 1 aromatic rings. The number of carboxylic acids is 1. The lowest BCUT2D eigenvalue weighted by molar-refractivity contribution is 0.0402. The third-order valence-electron chi connectivity index (χ3n) is 3.38. The highest BCUT2D eigenvalue weighted by Gasteiger charge is 2.30. The summed E-state index contributed by atoms with van der Waals surface area (Å²) in [4.78, 5) is 23.4. The van der Waals surface area contributed by atoms with E-state index in [2.05, 4.69) is 5.32 Å². The zero-order valence-electron chi connectivity index (χ0n) is 12.5. The van der Waals surface area contributed by atoms with Crippen LogP contribution < -0.4 is 10.1 Å². The number of methoxy groups -OCH3 is 1. The Morgan fingerprint density at radius 3 is 2.68 bits per heavy atom. The fourth-order valence-corrected chi connectivity index (χ4v) is 2.27. The van der Waals surface area contributed by atoms with E-state index in [1.165, 1.54) is 25.3 Å².